The third-order valence-corrected chi connectivity index (χ3v) is 2.86. The summed E-state index contributed by atoms with van der Waals surface area (Å²) in [5.41, 5.74) is 0.829. The van der Waals surface area contributed by atoms with Gasteiger partial charge in [-0.05, 0) is 32.2 Å². The Labute approximate surface area is 95.7 Å². The van der Waals surface area contributed by atoms with Gasteiger partial charge in [0.25, 0.3) is 5.56 Å². The van der Waals surface area contributed by atoms with Crippen LogP contribution in [-0.4, -0.2) is 22.1 Å². The van der Waals surface area contributed by atoms with Crippen LogP contribution in [0.4, 0.5) is 0 Å². The van der Waals surface area contributed by atoms with Gasteiger partial charge in [-0.15, -0.1) is 0 Å². The molecule has 1 saturated carbocycles. The van der Waals surface area contributed by atoms with Crippen molar-refractivity contribution in [3.63, 3.8) is 0 Å². The molecule has 16 heavy (non-hydrogen) atoms. The van der Waals surface area contributed by atoms with Crippen LogP contribution in [0.15, 0.2) is 17.2 Å². The van der Waals surface area contributed by atoms with Gasteiger partial charge in [0.05, 0.1) is 6.33 Å². The molecule has 1 aliphatic carbocycles. The first-order chi connectivity index (χ1) is 7.65. The predicted octanol–water partition coefficient (Wildman–Crippen LogP) is 0.940. The van der Waals surface area contributed by atoms with Crippen molar-refractivity contribution in [3.8, 4) is 0 Å². The number of nitrogens with zero attached hydrogens (tertiary/aromatic N) is 2. The molecule has 1 N–H and O–H groups in total. The van der Waals surface area contributed by atoms with E-state index in [1.807, 2.05) is 6.92 Å². The zero-order valence-corrected chi connectivity index (χ0v) is 9.94. The fourth-order valence-corrected chi connectivity index (χ4v) is 1.71. The number of hydrogen-bond acceptors (Lipinski definition) is 3. The highest BCUT2D eigenvalue weighted by atomic mass is 16.1. The summed E-state index contributed by atoms with van der Waals surface area (Å²) >= 11 is 0. The summed E-state index contributed by atoms with van der Waals surface area (Å²) < 4.78 is 1.69. The van der Waals surface area contributed by atoms with Crippen molar-refractivity contribution >= 4 is 0 Å². The van der Waals surface area contributed by atoms with Crippen molar-refractivity contribution in [2.45, 2.75) is 39.3 Å². The lowest BCUT2D eigenvalue weighted by atomic mass is 10.2. The third kappa shape index (κ3) is 3.17. The smallest absolute Gasteiger partial charge is 0.253 e. The van der Waals surface area contributed by atoms with Crippen LogP contribution in [-0.2, 0) is 6.54 Å². The van der Waals surface area contributed by atoms with Crippen molar-refractivity contribution in [1.82, 2.24) is 14.9 Å². The summed E-state index contributed by atoms with van der Waals surface area (Å²) in [5.74, 6) is 0.461. The fraction of sp³-hybridized carbons (Fsp3) is 0.667. The van der Waals surface area contributed by atoms with Crippen LogP contribution in [0.1, 0.15) is 25.5 Å². The Kier molecular flexibility index (Phi) is 3.39. The van der Waals surface area contributed by atoms with Gasteiger partial charge in [0.1, 0.15) is 0 Å². The van der Waals surface area contributed by atoms with Gasteiger partial charge in [-0.1, -0.05) is 6.92 Å². The van der Waals surface area contributed by atoms with E-state index in [1.54, 1.807) is 17.0 Å². The minimum absolute atomic E-state index is 0.0470. The molecule has 1 heterocycles. The molecule has 0 radical (unpaired) electrons. The molecule has 1 aromatic rings. The maximum atomic E-state index is 11.6. The number of hydrogen-bond donors (Lipinski definition) is 1. The topological polar surface area (TPSA) is 46.9 Å². The monoisotopic (exact) mass is 221 g/mol. The van der Waals surface area contributed by atoms with E-state index < -0.39 is 0 Å². The van der Waals surface area contributed by atoms with E-state index in [2.05, 4.69) is 17.2 Å². The molecule has 1 unspecified atom stereocenters. The molecule has 0 amide bonds. The van der Waals surface area contributed by atoms with Gasteiger partial charge in [0.2, 0.25) is 0 Å². The summed E-state index contributed by atoms with van der Waals surface area (Å²) in [6, 6.07) is 2.32. The molecular weight excluding hydrogens is 202 g/mol. The maximum absolute atomic E-state index is 11.6. The summed E-state index contributed by atoms with van der Waals surface area (Å²) in [5, 5.41) is 3.47. The van der Waals surface area contributed by atoms with Gasteiger partial charge in [0.15, 0.2) is 0 Å². The largest absolute Gasteiger partial charge is 0.314 e. The van der Waals surface area contributed by atoms with E-state index in [1.165, 1.54) is 12.8 Å². The highest BCUT2D eigenvalue weighted by Gasteiger charge is 2.20. The molecule has 0 saturated heterocycles. The second-order valence-electron chi connectivity index (χ2n) is 4.81. The Morgan fingerprint density at radius 1 is 1.62 bits per heavy atom. The molecule has 4 heteroatoms. The Hall–Kier alpha value is -1.16. The van der Waals surface area contributed by atoms with Gasteiger partial charge in [-0.2, -0.15) is 0 Å². The van der Waals surface area contributed by atoms with E-state index in [9.17, 15) is 4.79 Å². The Morgan fingerprint density at radius 3 is 3.00 bits per heavy atom. The van der Waals surface area contributed by atoms with Crippen LogP contribution >= 0.6 is 0 Å². The Balaban J connectivity index is 1.88. The highest BCUT2D eigenvalue weighted by Crippen LogP contribution is 2.18. The number of aromatic nitrogens is 2. The van der Waals surface area contributed by atoms with E-state index in [-0.39, 0.29) is 5.56 Å². The van der Waals surface area contributed by atoms with Crippen molar-refractivity contribution in [2.75, 3.05) is 6.54 Å². The quantitative estimate of drug-likeness (QED) is 0.805. The summed E-state index contributed by atoms with van der Waals surface area (Å²) in [6.07, 6.45) is 4.25. The molecule has 1 aliphatic rings. The molecule has 0 spiro atoms. The molecule has 1 fully saturated rings. The lowest BCUT2D eigenvalue weighted by molar-refractivity contribution is 0.434. The molecule has 1 aromatic heterocycles. The predicted molar refractivity (Wildman–Crippen MR) is 63.4 cm³/mol. The lowest BCUT2D eigenvalue weighted by Crippen LogP contribution is -2.29. The van der Waals surface area contributed by atoms with Gasteiger partial charge in [0, 0.05) is 24.3 Å². The number of rotatable bonds is 5. The number of aryl methyl sites for hydroxylation is 1. The van der Waals surface area contributed by atoms with Crippen LogP contribution in [0.2, 0.25) is 0 Å². The zero-order valence-electron chi connectivity index (χ0n) is 9.94. The van der Waals surface area contributed by atoms with E-state index in [0.29, 0.717) is 5.92 Å². The lowest BCUT2D eigenvalue weighted by Gasteiger charge is -2.13. The zero-order chi connectivity index (χ0) is 11.5. The van der Waals surface area contributed by atoms with Crippen LogP contribution in [0.5, 0.6) is 0 Å². The highest BCUT2D eigenvalue weighted by molar-refractivity contribution is 4.96. The Bertz CT molecular complexity index is 409. The summed E-state index contributed by atoms with van der Waals surface area (Å²) in [4.78, 5) is 15.8. The van der Waals surface area contributed by atoms with Crippen molar-refractivity contribution in [1.29, 1.82) is 0 Å². The second-order valence-corrected chi connectivity index (χ2v) is 4.81. The molecule has 0 aliphatic heterocycles. The van der Waals surface area contributed by atoms with Crippen molar-refractivity contribution in [2.24, 2.45) is 5.92 Å². The molecule has 1 atom stereocenters. The van der Waals surface area contributed by atoms with E-state index in [4.69, 9.17) is 0 Å². The first-order valence-corrected chi connectivity index (χ1v) is 5.91. The maximum Gasteiger partial charge on any atom is 0.253 e. The fourth-order valence-electron chi connectivity index (χ4n) is 1.71. The molecule has 4 nitrogen and oxygen atoms in total. The van der Waals surface area contributed by atoms with Gasteiger partial charge >= 0.3 is 0 Å². The average molecular weight is 221 g/mol. The van der Waals surface area contributed by atoms with Crippen LogP contribution in [0.3, 0.4) is 0 Å². The molecule has 2 rings (SSSR count). The van der Waals surface area contributed by atoms with Crippen LogP contribution in [0.25, 0.3) is 0 Å². The molecule has 0 aromatic carbocycles. The third-order valence-electron chi connectivity index (χ3n) is 2.86. The molecular formula is C12H19N3O. The van der Waals surface area contributed by atoms with Crippen molar-refractivity contribution in [3.05, 3.63) is 28.4 Å². The second kappa shape index (κ2) is 4.78. The molecule has 0 bridgehead atoms. The van der Waals surface area contributed by atoms with E-state index >= 15 is 0 Å². The van der Waals surface area contributed by atoms with Gasteiger partial charge in [-0.3, -0.25) is 9.36 Å². The molecule has 88 valence electrons. The van der Waals surface area contributed by atoms with Gasteiger partial charge in [-0.25, -0.2) is 4.98 Å². The Morgan fingerprint density at radius 2 is 2.38 bits per heavy atom. The normalized spacial score (nSPS) is 17.4. The minimum atomic E-state index is 0.0470. The summed E-state index contributed by atoms with van der Waals surface area (Å²) in [7, 11) is 0. The average Bonchev–Trinajstić information content (AvgIpc) is 3.03. The standard InChI is InChI=1S/C12H19N3O/c1-9(6-13-11-3-4-11)7-15-8-14-10(2)5-12(15)16/h5,8-9,11,13H,3-4,6-7H2,1-2H3. The SMILES string of the molecule is Cc1cc(=O)n(CC(C)CNC2CC2)cn1. The van der Waals surface area contributed by atoms with Crippen LogP contribution in [0, 0.1) is 12.8 Å². The number of nitrogens with one attached hydrogen (secondary N) is 1. The minimum Gasteiger partial charge on any atom is -0.314 e. The first kappa shape index (κ1) is 11.3. The van der Waals surface area contributed by atoms with Crippen molar-refractivity contribution < 1.29 is 0 Å². The summed E-state index contributed by atoms with van der Waals surface area (Å²) in [6.45, 7) is 5.71. The van der Waals surface area contributed by atoms with Gasteiger partial charge < -0.3 is 5.32 Å². The first-order valence-electron chi connectivity index (χ1n) is 5.91. The van der Waals surface area contributed by atoms with E-state index in [0.717, 1.165) is 24.8 Å². The van der Waals surface area contributed by atoms with Crippen LogP contribution < -0.4 is 10.9 Å².